The molecule has 1 aromatic heterocycles. The summed E-state index contributed by atoms with van der Waals surface area (Å²) >= 11 is 10.6. The lowest BCUT2D eigenvalue weighted by atomic mass is 10.1. The maximum Gasteiger partial charge on any atom is 0.416 e. The number of hydrogen-bond donors (Lipinski definition) is 0. The summed E-state index contributed by atoms with van der Waals surface area (Å²) in [5.41, 5.74) is -2.80. The molecule has 16 heavy (non-hydrogen) atoms. The van der Waals surface area contributed by atoms with Crippen LogP contribution in [0.3, 0.4) is 0 Å². The van der Waals surface area contributed by atoms with Crippen LogP contribution in [0.2, 0.25) is 5.15 Å². The van der Waals surface area contributed by atoms with Crippen molar-refractivity contribution in [2.75, 3.05) is 0 Å². The molecule has 0 atom stereocenters. The Morgan fingerprint density at radius 3 is 2.25 bits per heavy atom. The van der Waals surface area contributed by atoms with Crippen LogP contribution in [0.5, 0.6) is 0 Å². The predicted octanol–water partition coefficient (Wildman–Crippen LogP) is 4.43. The molecule has 0 unspecified atom stereocenters. The van der Waals surface area contributed by atoms with Gasteiger partial charge in [-0.25, -0.2) is 13.8 Å². The maximum atomic E-state index is 12.5. The highest BCUT2D eigenvalue weighted by atomic mass is 35.5. The van der Waals surface area contributed by atoms with E-state index in [0.29, 0.717) is 0 Å². The molecule has 0 saturated heterocycles. The van der Waals surface area contributed by atoms with E-state index in [9.17, 15) is 22.0 Å². The molecular weight excluding hydrogens is 276 g/mol. The first-order valence-corrected chi connectivity index (χ1v) is 4.79. The van der Waals surface area contributed by atoms with Crippen LogP contribution < -0.4 is 0 Å². The van der Waals surface area contributed by atoms with Crippen LogP contribution in [0.1, 0.15) is 23.2 Å². The normalized spacial score (nSPS) is 12.2. The number of halogens is 7. The van der Waals surface area contributed by atoms with Crippen molar-refractivity contribution in [3.8, 4) is 0 Å². The summed E-state index contributed by atoms with van der Waals surface area (Å²) in [6.45, 7) is 0. The molecule has 0 radical (unpaired) electrons. The summed E-state index contributed by atoms with van der Waals surface area (Å²) < 4.78 is 61.9. The first-order valence-electron chi connectivity index (χ1n) is 3.88. The van der Waals surface area contributed by atoms with Gasteiger partial charge in [0, 0.05) is 5.56 Å². The lowest BCUT2D eigenvalue weighted by Gasteiger charge is -2.13. The molecule has 1 aromatic rings. The summed E-state index contributed by atoms with van der Waals surface area (Å²) in [5, 5.41) is -0.653. The van der Waals surface area contributed by atoms with E-state index in [1.807, 2.05) is 0 Å². The van der Waals surface area contributed by atoms with Crippen LogP contribution >= 0.6 is 23.2 Å². The SMILES string of the molecule is FC(F)c1cc(C(F)(F)F)c(CCl)c(Cl)n1. The molecule has 8 heteroatoms. The van der Waals surface area contributed by atoms with Gasteiger partial charge in [-0.3, -0.25) is 0 Å². The van der Waals surface area contributed by atoms with Crippen molar-refractivity contribution in [1.82, 2.24) is 4.98 Å². The van der Waals surface area contributed by atoms with E-state index in [1.165, 1.54) is 0 Å². The van der Waals surface area contributed by atoms with Crippen LogP contribution in [0.4, 0.5) is 22.0 Å². The Labute approximate surface area is 97.2 Å². The lowest BCUT2D eigenvalue weighted by Crippen LogP contribution is -2.11. The molecule has 1 nitrogen and oxygen atoms in total. The van der Waals surface area contributed by atoms with E-state index in [-0.39, 0.29) is 6.07 Å². The zero-order valence-electron chi connectivity index (χ0n) is 7.45. The van der Waals surface area contributed by atoms with Crippen LogP contribution in [-0.2, 0) is 12.1 Å². The minimum atomic E-state index is -4.79. The number of alkyl halides is 6. The molecule has 0 aliphatic rings. The van der Waals surface area contributed by atoms with Crippen molar-refractivity contribution in [2.24, 2.45) is 0 Å². The zero-order valence-corrected chi connectivity index (χ0v) is 8.97. The summed E-state index contributed by atoms with van der Waals surface area (Å²) in [4.78, 5) is 3.15. The molecule has 0 bridgehead atoms. The van der Waals surface area contributed by atoms with E-state index in [0.717, 1.165) is 0 Å². The van der Waals surface area contributed by atoms with Gasteiger partial charge in [0.1, 0.15) is 10.8 Å². The van der Waals surface area contributed by atoms with Gasteiger partial charge in [-0.1, -0.05) is 11.6 Å². The molecule has 90 valence electrons. The van der Waals surface area contributed by atoms with Crippen molar-refractivity contribution in [3.63, 3.8) is 0 Å². The molecule has 0 saturated carbocycles. The fourth-order valence-electron chi connectivity index (χ4n) is 1.05. The van der Waals surface area contributed by atoms with Crippen molar-refractivity contribution in [1.29, 1.82) is 0 Å². The topological polar surface area (TPSA) is 12.9 Å². The Hall–Kier alpha value is -0.620. The van der Waals surface area contributed by atoms with Crippen LogP contribution in [0.15, 0.2) is 6.07 Å². The van der Waals surface area contributed by atoms with Crippen LogP contribution in [-0.4, -0.2) is 4.98 Å². The van der Waals surface area contributed by atoms with Crippen LogP contribution in [0, 0.1) is 0 Å². The first kappa shape index (κ1) is 13.4. The van der Waals surface area contributed by atoms with E-state index < -0.39 is 40.5 Å². The van der Waals surface area contributed by atoms with Gasteiger partial charge in [0.15, 0.2) is 0 Å². The van der Waals surface area contributed by atoms with E-state index in [2.05, 4.69) is 4.98 Å². The zero-order chi connectivity index (χ0) is 12.5. The third kappa shape index (κ3) is 2.74. The maximum absolute atomic E-state index is 12.5. The monoisotopic (exact) mass is 279 g/mol. The summed E-state index contributed by atoms with van der Waals surface area (Å²) in [7, 11) is 0. The second-order valence-electron chi connectivity index (χ2n) is 2.80. The molecule has 1 heterocycles. The molecule has 0 spiro atoms. The number of hydrogen-bond acceptors (Lipinski definition) is 1. The molecule has 0 fully saturated rings. The summed E-state index contributed by atoms with van der Waals surface area (Å²) in [6.07, 6.45) is -7.91. The fourth-order valence-corrected chi connectivity index (χ4v) is 1.66. The number of rotatable bonds is 2. The standard InChI is InChI=1S/C8H4Cl2F5N/c9-2-3-4(8(13,14)15)1-5(7(11)12)16-6(3)10/h1,7H,2H2. The van der Waals surface area contributed by atoms with E-state index in [1.54, 1.807) is 0 Å². The van der Waals surface area contributed by atoms with Crippen molar-refractivity contribution < 1.29 is 22.0 Å². The number of pyridine rings is 1. The summed E-state index contributed by atoms with van der Waals surface area (Å²) in [5.74, 6) is -0.551. The molecule has 0 aliphatic heterocycles. The molecule has 0 aliphatic carbocycles. The Kier molecular flexibility index (Phi) is 3.96. The second-order valence-corrected chi connectivity index (χ2v) is 3.42. The van der Waals surface area contributed by atoms with Crippen molar-refractivity contribution >= 4 is 23.2 Å². The Bertz CT molecular complexity index is 391. The van der Waals surface area contributed by atoms with Crippen molar-refractivity contribution in [3.05, 3.63) is 28.0 Å². The molecule has 0 N–H and O–H groups in total. The van der Waals surface area contributed by atoms with E-state index >= 15 is 0 Å². The second kappa shape index (κ2) is 4.71. The highest BCUT2D eigenvalue weighted by Gasteiger charge is 2.35. The largest absolute Gasteiger partial charge is 0.416 e. The lowest BCUT2D eigenvalue weighted by molar-refractivity contribution is -0.138. The smallest absolute Gasteiger partial charge is 0.235 e. The highest BCUT2D eigenvalue weighted by molar-refractivity contribution is 6.31. The van der Waals surface area contributed by atoms with Gasteiger partial charge in [-0.05, 0) is 6.07 Å². The van der Waals surface area contributed by atoms with Gasteiger partial charge in [0.25, 0.3) is 6.43 Å². The minimum Gasteiger partial charge on any atom is -0.235 e. The van der Waals surface area contributed by atoms with Gasteiger partial charge >= 0.3 is 6.18 Å². The van der Waals surface area contributed by atoms with Crippen LogP contribution in [0.25, 0.3) is 0 Å². The molecule has 1 rings (SSSR count). The highest BCUT2D eigenvalue weighted by Crippen LogP contribution is 2.37. The Morgan fingerprint density at radius 1 is 1.31 bits per heavy atom. The quantitative estimate of drug-likeness (QED) is 0.443. The number of aromatic nitrogens is 1. The Morgan fingerprint density at radius 2 is 1.88 bits per heavy atom. The molecule has 0 amide bonds. The van der Waals surface area contributed by atoms with Gasteiger partial charge in [0.2, 0.25) is 0 Å². The Balaban J connectivity index is 3.43. The average molecular weight is 280 g/mol. The predicted molar refractivity (Wildman–Crippen MR) is 48.8 cm³/mol. The molecular formula is C8H4Cl2F5N. The first-order chi connectivity index (χ1) is 7.27. The van der Waals surface area contributed by atoms with Crippen molar-refractivity contribution in [2.45, 2.75) is 18.5 Å². The fraction of sp³-hybridized carbons (Fsp3) is 0.375. The third-order valence-electron chi connectivity index (χ3n) is 1.76. The molecule has 0 aromatic carbocycles. The summed E-state index contributed by atoms with van der Waals surface area (Å²) in [6, 6.07) is 0.258. The van der Waals surface area contributed by atoms with Gasteiger partial charge in [0.05, 0.1) is 11.4 Å². The average Bonchev–Trinajstić information content (AvgIpc) is 2.14. The van der Waals surface area contributed by atoms with Gasteiger partial charge in [-0.2, -0.15) is 13.2 Å². The van der Waals surface area contributed by atoms with Gasteiger partial charge in [-0.15, -0.1) is 11.6 Å². The minimum absolute atomic E-state index is 0.258. The van der Waals surface area contributed by atoms with E-state index in [4.69, 9.17) is 23.2 Å². The number of nitrogens with zero attached hydrogens (tertiary/aromatic N) is 1. The third-order valence-corrected chi connectivity index (χ3v) is 2.34. The van der Waals surface area contributed by atoms with Gasteiger partial charge < -0.3 is 0 Å².